The van der Waals surface area contributed by atoms with Crippen molar-refractivity contribution in [1.29, 1.82) is 0 Å². The fraction of sp³-hybridized carbons (Fsp3) is 0.174. The zero-order chi connectivity index (χ0) is 21.3. The number of thiocarbonyl (C=S) groups is 1. The Kier molecular flexibility index (Phi) is 5.49. The van der Waals surface area contributed by atoms with E-state index in [0.29, 0.717) is 11.7 Å². The third-order valence-corrected chi connectivity index (χ3v) is 7.22. The van der Waals surface area contributed by atoms with Crippen molar-refractivity contribution in [2.45, 2.75) is 25.2 Å². The monoisotopic (exact) mass is 437 g/mol. The highest BCUT2D eigenvalue weighted by Crippen LogP contribution is 2.32. The first-order chi connectivity index (χ1) is 14.3. The predicted molar refractivity (Wildman–Crippen MR) is 127 cm³/mol. The molecule has 0 radical (unpaired) electrons. The van der Waals surface area contributed by atoms with Gasteiger partial charge in [0.1, 0.15) is 0 Å². The quantitative estimate of drug-likeness (QED) is 0.571. The molecule has 0 saturated heterocycles. The maximum atomic E-state index is 13.1. The van der Waals surface area contributed by atoms with E-state index in [4.69, 9.17) is 12.2 Å². The number of fused-ring (bicyclic) bond motifs is 1. The highest BCUT2D eigenvalue weighted by Gasteiger charge is 2.30. The molecule has 0 unspecified atom stereocenters. The molecule has 0 atom stereocenters. The van der Waals surface area contributed by atoms with E-state index in [1.165, 1.54) is 4.31 Å². The normalized spacial score (nSPS) is 13.1. The third-order valence-electron chi connectivity index (χ3n) is 5.19. The zero-order valence-corrected chi connectivity index (χ0v) is 18.5. The smallest absolute Gasteiger partial charge is 0.264 e. The summed E-state index contributed by atoms with van der Waals surface area (Å²) in [4.78, 5) is 0.262. The van der Waals surface area contributed by atoms with Crippen molar-refractivity contribution >= 4 is 44.4 Å². The van der Waals surface area contributed by atoms with Crippen LogP contribution in [0.5, 0.6) is 0 Å². The maximum Gasteiger partial charge on any atom is 0.264 e. The Morgan fingerprint density at radius 2 is 1.70 bits per heavy atom. The van der Waals surface area contributed by atoms with Crippen LogP contribution < -0.4 is 14.9 Å². The van der Waals surface area contributed by atoms with Crippen molar-refractivity contribution < 1.29 is 8.42 Å². The lowest BCUT2D eigenvalue weighted by Gasteiger charge is -2.20. The second-order valence-corrected chi connectivity index (χ2v) is 9.65. The Morgan fingerprint density at radius 1 is 0.967 bits per heavy atom. The Hall–Kier alpha value is -2.90. The molecule has 2 N–H and O–H groups in total. The summed E-state index contributed by atoms with van der Waals surface area (Å²) < 4.78 is 27.7. The van der Waals surface area contributed by atoms with E-state index in [-0.39, 0.29) is 4.90 Å². The van der Waals surface area contributed by atoms with Crippen molar-refractivity contribution in [3.8, 4) is 0 Å². The molecule has 7 heteroatoms. The summed E-state index contributed by atoms with van der Waals surface area (Å²) in [6, 6.07) is 20.4. The van der Waals surface area contributed by atoms with Crippen LogP contribution in [0.15, 0.2) is 71.6 Å². The molecule has 1 aliphatic rings. The first kappa shape index (κ1) is 20.4. The van der Waals surface area contributed by atoms with Crippen molar-refractivity contribution in [2.75, 3.05) is 21.5 Å². The van der Waals surface area contributed by atoms with Gasteiger partial charge in [0.05, 0.1) is 10.6 Å². The van der Waals surface area contributed by atoms with Gasteiger partial charge in [0.2, 0.25) is 0 Å². The number of hydrogen-bond donors (Lipinski definition) is 2. The van der Waals surface area contributed by atoms with Crippen molar-refractivity contribution in [1.82, 2.24) is 0 Å². The fourth-order valence-corrected chi connectivity index (χ4v) is 5.28. The van der Waals surface area contributed by atoms with Gasteiger partial charge in [-0.3, -0.25) is 4.31 Å². The van der Waals surface area contributed by atoms with E-state index in [2.05, 4.69) is 16.7 Å². The van der Waals surface area contributed by atoms with Crippen LogP contribution >= 0.6 is 12.2 Å². The molecule has 0 saturated carbocycles. The second kappa shape index (κ2) is 8.08. The predicted octanol–water partition coefficient (Wildman–Crippen LogP) is 4.86. The van der Waals surface area contributed by atoms with Crippen molar-refractivity contribution in [2.24, 2.45) is 0 Å². The van der Waals surface area contributed by atoms with Gasteiger partial charge < -0.3 is 10.6 Å². The van der Waals surface area contributed by atoms with Crippen molar-refractivity contribution in [3.05, 3.63) is 83.4 Å². The standard InChI is InChI=1S/C23H23N3O2S2/c1-16-7-8-17(2)21(15-16)25-23(29)24-19-9-11-20(12-10-19)30(27,28)26-14-13-18-5-3-4-6-22(18)26/h3-12,15H,13-14H2,1-2H3,(H2,24,25,29). The summed E-state index contributed by atoms with van der Waals surface area (Å²) in [5.41, 5.74) is 5.72. The van der Waals surface area contributed by atoms with Crippen molar-refractivity contribution in [3.63, 3.8) is 0 Å². The van der Waals surface area contributed by atoms with Gasteiger partial charge in [-0.1, -0.05) is 30.3 Å². The molecule has 0 amide bonds. The zero-order valence-electron chi connectivity index (χ0n) is 16.8. The first-order valence-electron chi connectivity index (χ1n) is 9.70. The number of anilines is 3. The van der Waals surface area contributed by atoms with E-state index in [1.807, 2.05) is 50.2 Å². The molecule has 0 spiro atoms. The Balaban J connectivity index is 1.48. The van der Waals surface area contributed by atoms with Crippen LogP contribution in [0.1, 0.15) is 16.7 Å². The van der Waals surface area contributed by atoms with Gasteiger partial charge in [-0.05, 0) is 85.6 Å². The lowest BCUT2D eigenvalue weighted by atomic mass is 10.1. The number of nitrogens with one attached hydrogen (secondary N) is 2. The fourth-order valence-electron chi connectivity index (χ4n) is 3.55. The van der Waals surface area contributed by atoms with E-state index >= 15 is 0 Å². The minimum absolute atomic E-state index is 0.262. The maximum absolute atomic E-state index is 13.1. The number of para-hydroxylation sites is 1. The molecule has 4 rings (SSSR count). The lowest BCUT2D eigenvalue weighted by Crippen LogP contribution is -2.29. The summed E-state index contributed by atoms with van der Waals surface area (Å²) >= 11 is 5.41. The van der Waals surface area contributed by atoms with Gasteiger partial charge >= 0.3 is 0 Å². The summed E-state index contributed by atoms with van der Waals surface area (Å²) in [7, 11) is -3.60. The molecule has 154 valence electrons. The molecule has 0 aromatic heterocycles. The number of benzene rings is 3. The van der Waals surface area contributed by atoms with Crippen LogP contribution in [-0.2, 0) is 16.4 Å². The van der Waals surface area contributed by atoms with Gasteiger partial charge in [0, 0.05) is 17.9 Å². The summed E-state index contributed by atoms with van der Waals surface area (Å²) in [5.74, 6) is 0. The number of rotatable bonds is 4. The molecule has 3 aromatic rings. The summed E-state index contributed by atoms with van der Waals surface area (Å²) in [5, 5.41) is 6.76. The van der Waals surface area contributed by atoms with Gasteiger partial charge in [-0.25, -0.2) is 8.42 Å². The highest BCUT2D eigenvalue weighted by molar-refractivity contribution is 7.92. The average molecular weight is 438 g/mol. The summed E-state index contributed by atoms with van der Waals surface area (Å²) in [6.07, 6.45) is 0.730. The van der Waals surface area contributed by atoms with E-state index < -0.39 is 10.0 Å². The molecule has 0 bridgehead atoms. The van der Waals surface area contributed by atoms with E-state index in [1.54, 1.807) is 24.3 Å². The molecule has 5 nitrogen and oxygen atoms in total. The molecule has 0 aliphatic carbocycles. The highest BCUT2D eigenvalue weighted by atomic mass is 32.2. The Labute approximate surface area is 182 Å². The van der Waals surface area contributed by atoms with Gasteiger partial charge in [0.25, 0.3) is 10.0 Å². The topological polar surface area (TPSA) is 61.4 Å². The SMILES string of the molecule is Cc1ccc(C)c(NC(=S)Nc2ccc(S(=O)(=O)N3CCc4ccccc43)cc2)c1. The lowest BCUT2D eigenvalue weighted by molar-refractivity contribution is 0.592. The molecule has 1 heterocycles. The van der Waals surface area contributed by atoms with Crippen LogP contribution in [0.3, 0.4) is 0 Å². The number of nitrogens with zero attached hydrogens (tertiary/aromatic N) is 1. The number of hydrogen-bond acceptors (Lipinski definition) is 3. The first-order valence-corrected chi connectivity index (χ1v) is 11.6. The Morgan fingerprint density at radius 3 is 2.47 bits per heavy atom. The van der Waals surface area contributed by atoms with Crippen LogP contribution in [0.25, 0.3) is 0 Å². The largest absolute Gasteiger partial charge is 0.332 e. The van der Waals surface area contributed by atoms with Gasteiger partial charge in [0.15, 0.2) is 5.11 Å². The van der Waals surface area contributed by atoms with Crippen LogP contribution in [0.4, 0.5) is 17.1 Å². The summed E-state index contributed by atoms with van der Waals surface area (Å²) in [6.45, 7) is 4.51. The average Bonchev–Trinajstić information content (AvgIpc) is 3.16. The second-order valence-electron chi connectivity index (χ2n) is 7.38. The third kappa shape index (κ3) is 4.04. The Bertz CT molecular complexity index is 1210. The minimum Gasteiger partial charge on any atom is -0.332 e. The number of aryl methyl sites for hydroxylation is 2. The molecule has 1 aliphatic heterocycles. The molecular weight excluding hydrogens is 414 g/mol. The minimum atomic E-state index is -3.60. The molecular formula is C23H23N3O2S2. The van der Waals surface area contributed by atoms with Crippen LogP contribution in [0.2, 0.25) is 0 Å². The van der Waals surface area contributed by atoms with Gasteiger partial charge in [-0.2, -0.15) is 0 Å². The van der Waals surface area contributed by atoms with Crippen LogP contribution in [0, 0.1) is 13.8 Å². The van der Waals surface area contributed by atoms with Crippen LogP contribution in [-0.4, -0.2) is 20.1 Å². The van der Waals surface area contributed by atoms with E-state index in [0.717, 1.165) is 40.2 Å². The molecule has 30 heavy (non-hydrogen) atoms. The van der Waals surface area contributed by atoms with Gasteiger partial charge in [-0.15, -0.1) is 0 Å². The molecule has 0 fully saturated rings. The van der Waals surface area contributed by atoms with E-state index in [9.17, 15) is 8.42 Å². The number of sulfonamides is 1. The molecule has 3 aromatic carbocycles.